The van der Waals surface area contributed by atoms with Crippen molar-refractivity contribution in [3.63, 3.8) is 0 Å². The van der Waals surface area contributed by atoms with Crippen LogP contribution < -0.4 is 31.2 Å². The molecule has 386 valence electrons. The molecule has 3 aliphatic rings. The summed E-state index contributed by atoms with van der Waals surface area (Å²) in [6, 6.07) is 9.93. The lowest BCUT2D eigenvalue weighted by Gasteiger charge is -2.36. The number of primary amides is 1. The average molecular weight is 1010 g/mol. The Morgan fingerprint density at radius 3 is 1.76 bits per heavy atom. The van der Waals surface area contributed by atoms with Gasteiger partial charge in [0.2, 0.25) is 17.8 Å². The highest BCUT2D eigenvalue weighted by molar-refractivity contribution is 6.05. The number of anilines is 2. The second-order valence-corrected chi connectivity index (χ2v) is 19.0. The fourth-order valence-corrected chi connectivity index (χ4v) is 10.7. The van der Waals surface area contributed by atoms with Crippen molar-refractivity contribution < 1.29 is 43.3 Å². The van der Waals surface area contributed by atoms with Gasteiger partial charge in [0, 0.05) is 75.7 Å². The van der Waals surface area contributed by atoms with Crippen LogP contribution in [0.3, 0.4) is 0 Å². The molecule has 1 saturated carbocycles. The number of carbonyl (C=O) groups is 5. The lowest BCUT2D eigenvalue weighted by molar-refractivity contribution is -0.0319. The summed E-state index contributed by atoms with van der Waals surface area (Å²) in [6.07, 6.45) is 8.88. The van der Waals surface area contributed by atoms with Crippen LogP contribution in [0.25, 0.3) is 22.1 Å². The molecule has 2 bridgehead atoms. The molecule has 1 aliphatic carbocycles. The van der Waals surface area contributed by atoms with Gasteiger partial charge in [0.15, 0.2) is 0 Å². The van der Waals surface area contributed by atoms with E-state index in [1.165, 1.54) is 17.1 Å². The van der Waals surface area contributed by atoms with Crippen LogP contribution in [0.5, 0.6) is 11.5 Å². The minimum absolute atomic E-state index is 0.0707. The van der Waals surface area contributed by atoms with Gasteiger partial charge in [-0.3, -0.25) is 43.9 Å². The van der Waals surface area contributed by atoms with Crippen LogP contribution in [0.1, 0.15) is 96.5 Å². The molecule has 0 spiro atoms. The van der Waals surface area contributed by atoms with E-state index in [-0.39, 0.29) is 85.1 Å². The molecule has 4 amide bonds. The molecule has 6 N–H and O–H groups in total. The number of nitrogens with two attached hydrogens (primary N) is 1. The third-order valence-corrected chi connectivity index (χ3v) is 14.1. The molecule has 2 aromatic carbocycles. The molecule has 7 aromatic rings. The van der Waals surface area contributed by atoms with Crippen molar-refractivity contribution in [1.29, 1.82) is 0 Å². The number of carbonyl (C=O) groups excluding carboxylic acids is 4. The van der Waals surface area contributed by atoms with Gasteiger partial charge in [0.1, 0.15) is 33.9 Å². The molecular formula is C51H58N14O9. The lowest BCUT2D eigenvalue weighted by atomic mass is 9.78. The van der Waals surface area contributed by atoms with Gasteiger partial charge in [-0.1, -0.05) is 12.2 Å². The van der Waals surface area contributed by atoms with Crippen molar-refractivity contribution in [3.8, 4) is 11.5 Å². The summed E-state index contributed by atoms with van der Waals surface area (Å²) in [5.74, 6) is -1.63. The molecule has 5 aromatic heterocycles. The van der Waals surface area contributed by atoms with Gasteiger partial charge in [-0.15, -0.1) is 0 Å². The molecule has 23 heteroatoms. The van der Waals surface area contributed by atoms with Crippen LogP contribution in [0, 0.1) is 37.5 Å². The normalized spacial score (nSPS) is 19.0. The Kier molecular flexibility index (Phi) is 13.7. The zero-order valence-electron chi connectivity index (χ0n) is 41.5. The minimum atomic E-state index is -1.08. The monoisotopic (exact) mass is 1010 g/mol. The fourth-order valence-electron chi connectivity index (χ4n) is 10.7. The third kappa shape index (κ3) is 9.81. The summed E-state index contributed by atoms with van der Waals surface area (Å²) < 4.78 is 28.3. The number of hydrogen-bond acceptors (Lipinski definition) is 13. The Labute approximate surface area is 424 Å². The van der Waals surface area contributed by atoms with Crippen LogP contribution in [0.2, 0.25) is 0 Å². The van der Waals surface area contributed by atoms with E-state index in [4.69, 9.17) is 29.9 Å². The number of hydrogen-bond donors (Lipinski definition) is 5. The van der Waals surface area contributed by atoms with Crippen LogP contribution in [-0.4, -0.2) is 116 Å². The molecule has 10 rings (SSSR count). The largest absolute Gasteiger partial charge is 0.491 e. The minimum Gasteiger partial charge on any atom is -0.491 e. The summed E-state index contributed by atoms with van der Waals surface area (Å²) in [5, 5.41) is 31.4. The van der Waals surface area contributed by atoms with E-state index in [9.17, 15) is 29.1 Å². The molecule has 0 radical (unpaired) electrons. The number of fused-ring (bicyclic) bond motifs is 2. The van der Waals surface area contributed by atoms with Gasteiger partial charge in [0.25, 0.3) is 17.7 Å². The number of carboxylic acids is 1. The number of ether oxygens (including phenoxy) is 3. The predicted molar refractivity (Wildman–Crippen MR) is 269 cm³/mol. The van der Waals surface area contributed by atoms with Gasteiger partial charge in [-0.2, -0.15) is 15.3 Å². The van der Waals surface area contributed by atoms with E-state index >= 15 is 0 Å². The maximum absolute atomic E-state index is 14.2. The van der Waals surface area contributed by atoms with Crippen molar-refractivity contribution in [2.24, 2.45) is 29.4 Å². The second-order valence-electron chi connectivity index (χ2n) is 19.0. The number of aromatic carboxylic acids is 1. The predicted octanol–water partition coefficient (Wildman–Crippen LogP) is 5.07. The topological polar surface area (TPSA) is 284 Å². The molecular weight excluding hydrogens is 953 g/mol. The van der Waals surface area contributed by atoms with Gasteiger partial charge < -0.3 is 39.5 Å². The zero-order valence-corrected chi connectivity index (χ0v) is 41.5. The van der Waals surface area contributed by atoms with E-state index in [0.717, 1.165) is 12.8 Å². The average Bonchev–Trinajstić information content (AvgIpc) is 4.25. The quantitative estimate of drug-likeness (QED) is 0.0703. The molecule has 7 heterocycles. The number of allylic oxidation sites excluding steroid dienone is 2. The highest BCUT2D eigenvalue weighted by Crippen LogP contribution is 2.46. The smallest absolute Gasteiger partial charge is 0.338 e. The Bertz CT molecular complexity index is 3340. The molecule has 1 saturated heterocycles. The molecule has 2 fully saturated rings. The first kappa shape index (κ1) is 49.2. The zero-order chi connectivity index (χ0) is 51.8. The third-order valence-electron chi connectivity index (χ3n) is 14.1. The Morgan fingerprint density at radius 1 is 0.703 bits per heavy atom. The maximum atomic E-state index is 14.2. The van der Waals surface area contributed by atoms with Crippen molar-refractivity contribution >= 4 is 63.6 Å². The van der Waals surface area contributed by atoms with Crippen LogP contribution >= 0.6 is 0 Å². The molecule has 2 unspecified atom stereocenters. The molecule has 74 heavy (non-hydrogen) atoms. The van der Waals surface area contributed by atoms with Crippen molar-refractivity contribution in [2.75, 3.05) is 43.6 Å². The fraction of sp³-hybridized carbons (Fsp3) is 0.412. The standard InChI is InChI=1S/C51H58N14O9/c1-5-64-38(16-28(3)59-64)47(68)57-50-55-36-18-32(45(52)66)20-40-43(36)62(50)14-7-8-15-63-44-37(56-51(63)58-48(69)39-17-29(4)60-65(39)6-2)19-33(46(67)53-12-9-13-61-23-34(22-54-61)49(70)71)21-41(44)74-27-35(26-73-40)42-30-10-11-31(42)25-72-24-30/h7-8,16-23,30-31,35,42H,5-6,9-15,24-27H2,1-4H3,(H2,52,66)(H,53,67)(H,70,71)(H,55,57,68)(H,56,58,69)/b8-7+/t30?,31?,35-,42?/m0/s1. The SMILES string of the molecule is CCn1nc(C)cc1C(=O)Nc1nc2cc(C(N)=O)cc3c2n1C/C=C/Cn1c(NC(=O)c2cc(C)nn2CC)nc2cc(C(=O)NCCCn4cc(C(=O)O)cn4)cc(c21)OC[C@@H](C1C2CCC1COC2)CO3. The highest BCUT2D eigenvalue weighted by atomic mass is 16.5. The first-order valence-corrected chi connectivity index (χ1v) is 24.9. The van der Waals surface area contributed by atoms with E-state index in [1.54, 1.807) is 45.8 Å². The van der Waals surface area contributed by atoms with E-state index in [0.29, 0.717) is 95.6 Å². The number of nitrogens with zero attached hydrogens (tertiary/aromatic N) is 10. The number of aryl methyl sites for hydroxylation is 5. The number of carboxylic acid groups (broad SMARTS) is 1. The van der Waals surface area contributed by atoms with Gasteiger partial charge in [0.05, 0.1) is 47.4 Å². The van der Waals surface area contributed by atoms with Gasteiger partial charge in [-0.25, -0.2) is 14.8 Å². The number of aromatic nitrogens is 10. The second kappa shape index (κ2) is 20.6. The van der Waals surface area contributed by atoms with Crippen LogP contribution in [0.4, 0.5) is 11.9 Å². The number of amides is 4. The van der Waals surface area contributed by atoms with Crippen molar-refractivity contribution in [3.05, 3.63) is 100 Å². The van der Waals surface area contributed by atoms with E-state index in [2.05, 4.69) is 31.2 Å². The first-order chi connectivity index (χ1) is 35.8. The first-order valence-electron chi connectivity index (χ1n) is 24.9. The van der Waals surface area contributed by atoms with Gasteiger partial charge >= 0.3 is 5.97 Å². The Balaban J connectivity index is 1.07. The van der Waals surface area contributed by atoms with E-state index < -0.39 is 29.6 Å². The molecule has 2 aliphatic heterocycles. The molecule has 23 nitrogen and oxygen atoms in total. The van der Waals surface area contributed by atoms with Crippen molar-refractivity contribution in [2.45, 2.75) is 79.7 Å². The maximum Gasteiger partial charge on any atom is 0.338 e. The highest BCUT2D eigenvalue weighted by Gasteiger charge is 2.45. The van der Waals surface area contributed by atoms with E-state index in [1.807, 2.05) is 49.0 Å². The summed E-state index contributed by atoms with van der Waals surface area (Å²) in [6.45, 7) is 10.7. The van der Waals surface area contributed by atoms with Crippen LogP contribution in [0.15, 0.2) is 60.9 Å². The van der Waals surface area contributed by atoms with Crippen LogP contribution in [-0.2, 0) is 37.5 Å². The summed E-state index contributed by atoms with van der Waals surface area (Å²) in [7, 11) is 0. The number of nitrogens with one attached hydrogen (secondary N) is 3. The number of benzene rings is 2. The summed E-state index contributed by atoms with van der Waals surface area (Å²) >= 11 is 0. The molecule has 3 atom stereocenters. The van der Waals surface area contributed by atoms with Gasteiger partial charge in [-0.05, 0) is 101 Å². The lowest BCUT2D eigenvalue weighted by Crippen LogP contribution is -2.39. The number of imidazole rings is 2. The van der Waals surface area contributed by atoms with Crippen molar-refractivity contribution in [1.82, 2.24) is 53.8 Å². The Hall–Kier alpha value is -8.34. The summed E-state index contributed by atoms with van der Waals surface area (Å²) in [5.41, 5.74) is 10.3. The summed E-state index contributed by atoms with van der Waals surface area (Å²) in [4.78, 5) is 76.3. The number of rotatable bonds is 14. The Morgan fingerprint density at radius 2 is 1.24 bits per heavy atom.